The van der Waals surface area contributed by atoms with E-state index in [1.807, 2.05) is 66.7 Å². The van der Waals surface area contributed by atoms with Crippen molar-refractivity contribution in [2.75, 3.05) is 6.61 Å². The van der Waals surface area contributed by atoms with Gasteiger partial charge in [0.05, 0.1) is 17.3 Å². The maximum absolute atomic E-state index is 12.9. The molecule has 0 aliphatic carbocycles. The monoisotopic (exact) mass is 454 g/mol. The number of carbonyl (C=O) groups excluding carboxylic acids is 2. The molecule has 3 aromatic carbocycles. The van der Waals surface area contributed by atoms with Crippen molar-refractivity contribution in [2.45, 2.75) is 0 Å². The number of nitrogens with zero attached hydrogens (tertiary/aromatic N) is 2. The molecule has 0 aliphatic heterocycles. The summed E-state index contributed by atoms with van der Waals surface area (Å²) < 4.78 is 5.38. The number of thiazole rings is 1. The largest absolute Gasteiger partial charge is 0.484 e. The van der Waals surface area contributed by atoms with Gasteiger partial charge in [-0.25, -0.2) is 4.98 Å². The Labute approximate surface area is 194 Å². The molecule has 162 valence electrons. The molecule has 33 heavy (non-hydrogen) atoms. The highest BCUT2D eigenvalue weighted by Crippen LogP contribution is 2.33. The van der Waals surface area contributed by atoms with E-state index in [9.17, 15) is 9.59 Å². The number of nitrogens with one attached hydrogen (secondary N) is 2. The van der Waals surface area contributed by atoms with E-state index in [2.05, 4.69) is 15.8 Å². The van der Waals surface area contributed by atoms with E-state index >= 15 is 0 Å². The first-order chi connectivity index (χ1) is 16.1. The summed E-state index contributed by atoms with van der Waals surface area (Å²) in [4.78, 5) is 30.1. The van der Waals surface area contributed by atoms with E-state index in [1.54, 1.807) is 24.3 Å². The van der Waals surface area contributed by atoms with Gasteiger partial charge in [0.25, 0.3) is 11.8 Å². The molecule has 0 aliphatic rings. The topological polar surface area (TPSA) is 104 Å². The average molecular weight is 455 g/mol. The average Bonchev–Trinajstić information content (AvgIpc) is 3.33. The quantitative estimate of drug-likeness (QED) is 0.425. The SMILES string of the molecule is N#Cc1ccc(OCC(=O)NNC(=O)c2sc(-c3ccccc3)nc2-c2ccccc2)cc1. The summed E-state index contributed by atoms with van der Waals surface area (Å²) in [5, 5.41) is 9.53. The fraction of sp³-hybridized carbons (Fsp3) is 0.0400. The van der Waals surface area contributed by atoms with Crippen LogP contribution in [0.15, 0.2) is 84.9 Å². The number of nitriles is 1. The lowest BCUT2D eigenvalue weighted by atomic mass is 10.1. The van der Waals surface area contributed by atoms with Gasteiger partial charge >= 0.3 is 0 Å². The standard InChI is InChI=1S/C25H18N4O3S/c26-15-17-11-13-20(14-12-17)32-16-21(30)28-29-24(31)23-22(18-7-3-1-4-8-18)27-25(33-23)19-9-5-2-6-10-19/h1-14H,16H2,(H,28,30)(H,29,31). The molecule has 1 aromatic heterocycles. The zero-order valence-electron chi connectivity index (χ0n) is 17.3. The van der Waals surface area contributed by atoms with Crippen molar-refractivity contribution in [3.63, 3.8) is 0 Å². The molecular formula is C25H18N4O3S. The van der Waals surface area contributed by atoms with Crippen LogP contribution in [0.1, 0.15) is 15.2 Å². The van der Waals surface area contributed by atoms with E-state index in [1.165, 1.54) is 11.3 Å². The van der Waals surface area contributed by atoms with Gasteiger partial charge in [-0.15, -0.1) is 11.3 Å². The van der Waals surface area contributed by atoms with Crippen LogP contribution >= 0.6 is 11.3 Å². The number of rotatable bonds is 6. The minimum Gasteiger partial charge on any atom is -0.484 e. The summed E-state index contributed by atoms with van der Waals surface area (Å²) in [7, 11) is 0. The zero-order chi connectivity index (χ0) is 23.0. The van der Waals surface area contributed by atoms with Gasteiger partial charge in [0.2, 0.25) is 0 Å². The second-order valence-electron chi connectivity index (χ2n) is 6.86. The highest BCUT2D eigenvalue weighted by molar-refractivity contribution is 7.17. The second kappa shape index (κ2) is 10.2. The lowest BCUT2D eigenvalue weighted by Gasteiger charge is -2.09. The second-order valence-corrected chi connectivity index (χ2v) is 7.86. The van der Waals surface area contributed by atoms with E-state index in [0.717, 1.165) is 11.1 Å². The van der Waals surface area contributed by atoms with Gasteiger partial charge < -0.3 is 4.74 Å². The third-order valence-electron chi connectivity index (χ3n) is 4.57. The molecule has 4 rings (SSSR count). The molecule has 0 atom stereocenters. The smallest absolute Gasteiger partial charge is 0.282 e. The molecule has 0 saturated heterocycles. The van der Waals surface area contributed by atoms with E-state index < -0.39 is 11.8 Å². The van der Waals surface area contributed by atoms with Crippen LogP contribution in [0.5, 0.6) is 5.75 Å². The fourth-order valence-corrected chi connectivity index (χ4v) is 3.95. The molecule has 0 unspecified atom stereocenters. The Morgan fingerprint density at radius 3 is 2.15 bits per heavy atom. The third-order valence-corrected chi connectivity index (χ3v) is 5.67. The summed E-state index contributed by atoms with van der Waals surface area (Å²) in [5.41, 5.74) is 7.54. The lowest BCUT2D eigenvalue weighted by molar-refractivity contribution is -0.123. The number of hydrogen-bond donors (Lipinski definition) is 2. The number of benzene rings is 3. The maximum Gasteiger partial charge on any atom is 0.282 e. The van der Waals surface area contributed by atoms with E-state index in [0.29, 0.717) is 26.9 Å². The minimum absolute atomic E-state index is 0.296. The molecule has 2 amide bonds. The van der Waals surface area contributed by atoms with Gasteiger partial charge in [-0.3, -0.25) is 20.4 Å². The number of carbonyl (C=O) groups is 2. The summed E-state index contributed by atoms with van der Waals surface area (Å²) >= 11 is 1.25. The highest BCUT2D eigenvalue weighted by atomic mass is 32.1. The minimum atomic E-state index is -0.526. The summed E-state index contributed by atoms with van der Waals surface area (Å²) in [6.45, 7) is -0.296. The molecule has 0 fully saturated rings. The van der Waals surface area contributed by atoms with Gasteiger partial charge in [-0.05, 0) is 24.3 Å². The summed E-state index contributed by atoms with van der Waals surface area (Å²) in [6.07, 6.45) is 0. The van der Waals surface area contributed by atoms with Crippen LogP contribution < -0.4 is 15.6 Å². The van der Waals surface area contributed by atoms with Crippen molar-refractivity contribution in [3.8, 4) is 33.6 Å². The Balaban J connectivity index is 1.45. The van der Waals surface area contributed by atoms with Crippen molar-refractivity contribution in [1.29, 1.82) is 5.26 Å². The molecule has 7 nitrogen and oxygen atoms in total. The molecule has 8 heteroatoms. The Kier molecular flexibility index (Phi) is 6.73. The molecular weight excluding hydrogens is 436 g/mol. The van der Waals surface area contributed by atoms with Crippen LogP contribution in [-0.2, 0) is 4.79 Å². The molecule has 4 aromatic rings. The number of amides is 2. The van der Waals surface area contributed by atoms with Crippen molar-refractivity contribution in [1.82, 2.24) is 15.8 Å². The van der Waals surface area contributed by atoms with Crippen molar-refractivity contribution in [3.05, 3.63) is 95.4 Å². The van der Waals surface area contributed by atoms with Crippen LogP contribution in [0, 0.1) is 11.3 Å². The van der Waals surface area contributed by atoms with Crippen LogP contribution in [0.25, 0.3) is 21.8 Å². The van der Waals surface area contributed by atoms with Crippen LogP contribution in [-0.4, -0.2) is 23.4 Å². The third kappa shape index (κ3) is 5.42. The normalized spacial score (nSPS) is 10.2. The number of ether oxygens (including phenoxy) is 1. The fourth-order valence-electron chi connectivity index (χ4n) is 2.96. The Hall–Kier alpha value is -4.48. The zero-order valence-corrected chi connectivity index (χ0v) is 18.1. The Morgan fingerprint density at radius 2 is 1.52 bits per heavy atom. The van der Waals surface area contributed by atoms with Gasteiger partial charge in [-0.2, -0.15) is 5.26 Å². The Morgan fingerprint density at radius 1 is 0.879 bits per heavy atom. The first-order valence-corrected chi connectivity index (χ1v) is 10.8. The predicted octanol–water partition coefficient (Wildman–Crippen LogP) is 4.19. The van der Waals surface area contributed by atoms with Crippen molar-refractivity contribution < 1.29 is 14.3 Å². The van der Waals surface area contributed by atoms with E-state index in [4.69, 9.17) is 10.00 Å². The summed E-state index contributed by atoms with van der Waals surface area (Å²) in [5.74, 6) is -0.557. The van der Waals surface area contributed by atoms with Crippen LogP contribution in [0.4, 0.5) is 0 Å². The summed E-state index contributed by atoms with van der Waals surface area (Å²) in [6, 6.07) is 27.4. The first kappa shape index (κ1) is 21.7. The number of hydrogen-bond acceptors (Lipinski definition) is 6. The van der Waals surface area contributed by atoms with Gasteiger partial charge in [-0.1, -0.05) is 60.7 Å². The Bertz CT molecular complexity index is 1300. The van der Waals surface area contributed by atoms with E-state index in [-0.39, 0.29) is 6.61 Å². The van der Waals surface area contributed by atoms with Crippen LogP contribution in [0.3, 0.4) is 0 Å². The molecule has 0 saturated carbocycles. The molecule has 0 bridgehead atoms. The first-order valence-electron chi connectivity index (χ1n) is 9.98. The number of hydrazine groups is 1. The molecule has 1 heterocycles. The van der Waals surface area contributed by atoms with Gasteiger partial charge in [0, 0.05) is 11.1 Å². The molecule has 0 spiro atoms. The number of aromatic nitrogens is 1. The molecule has 0 radical (unpaired) electrons. The van der Waals surface area contributed by atoms with Gasteiger partial charge in [0.1, 0.15) is 15.6 Å². The maximum atomic E-state index is 12.9. The molecule has 2 N–H and O–H groups in total. The van der Waals surface area contributed by atoms with Crippen molar-refractivity contribution in [2.24, 2.45) is 0 Å². The lowest BCUT2D eigenvalue weighted by Crippen LogP contribution is -2.43. The van der Waals surface area contributed by atoms with Gasteiger partial charge in [0.15, 0.2) is 6.61 Å². The van der Waals surface area contributed by atoms with Crippen molar-refractivity contribution >= 4 is 23.2 Å². The van der Waals surface area contributed by atoms with Crippen LogP contribution in [0.2, 0.25) is 0 Å². The highest BCUT2D eigenvalue weighted by Gasteiger charge is 2.20. The predicted molar refractivity (Wildman–Crippen MR) is 125 cm³/mol.